The van der Waals surface area contributed by atoms with Crippen LogP contribution in [0.5, 0.6) is 0 Å². The van der Waals surface area contributed by atoms with Crippen LogP contribution in [0.4, 0.5) is 5.82 Å². The zero-order valence-electron chi connectivity index (χ0n) is 14.7. The molecule has 0 atom stereocenters. The van der Waals surface area contributed by atoms with Crippen LogP contribution in [0, 0.1) is 0 Å². The summed E-state index contributed by atoms with van der Waals surface area (Å²) in [5.74, 6) is -0.222. The molecule has 0 radical (unpaired) electrons. The molecule has 2 heterocycles. The first-order chi connectivity index (χ1) is 13.0. The zero-order valence-corrected chi connectivity index (χ0v) is 16.3. The fourth-order valence-electron chi connectivity index (χ4n) is 2.41. The van der Waals surface area contributed by atoms with Gasteiger partial charge in [0.25, 0.3) is 5.91 Å². The van der Waals surface area contributed by atoms with Crippen molar-refractivity contribution in [2.45, 2.75) is 26.7 Å². The molecule has 0 aliphatic carbocycles. The van der Waals surface area contributed by atoms with Gasteiger partial charge in [-0.05, 0) is 41.4 Å². The molecule has 0 aliphatic rings. The maximum Gasteiger partial charge on any atom is 0.293 e. The topological polar surface area (TPSA) is 137 Å². The van der Waals surface area contributed by atoms with Crippen LogP contribution < -0.4 is 11.2 Å². The van der Waals surface area contributed by atoms with E-state index in [1.54, 1.807) is 6.92 Å². The van der Waals surface area contributed by atoms with Gasteiger partial charge in [0.05, 0.1) is 11.4 Å². The van der Waals surface area contributed by atoms with E-state index < -0.39 is 5.91 Å². The second kappa shape index (κ2) is 8.08. The van der Waals surface area contributed by atoms with E-state index in [2.05, 4.69) is 51.7 Å². The van der Waals surface area contributed by atoms with E-state index >= 15 is 0 Å². The number of hydrogen-bond acceptors (Lipinski definition) is 8. The molecule has 3 N–H and O–H groups in total. The zero-order chi connectivity index (χ0) is 19.4. The number of carbonyl (C=O) groups excluding carboxylic acids is 1. The fourth-order valence-corrected chi connectivity index (χ4v) is 2.81. The molecule has 11 heteroatoms. The second-order valence-corrected chi connectivity index (χ2v) is 6.58. The van der Waals surface area contributed by atoms with Crippen molar-refractivity contribution in [1.29, 1.82) is 0 Å². The minimum atomic E-state index is -0.478. The molecule has 0 saturated heterocycles. The van der Waals surface area contributed by atoms with Crippen molar-refractivity contribution < 1.29 is 9.42 Å². The van der Waals surface area contributed by atoms with Gasteiger partial charge < -0.3 is 5.73 Å². The van der Waals surface area contributed by atoms with Crippen LogP contribution in [0.25, 0.3) is 5.82 Å². The second-order valence-electron chi connectivity index (χ2n) is 5.67. The highest BCUT2D eigenvalue weighted by Gasteiger charge is 2.23. The van der Waals surface area contributed by atoms with Gasteiger partial charge in [-0.3, -0.25) is 4.79 Å². The number of hydrazone groups is 1. The number of amides is 1. The van der Waals surface area contributed by atoms with Crippen LogP contribution >= 0.6 is 15.9 Å². The third-order valence-electron chi connectivity index (χ3n) is 3.73. The molecule has 140 valence electrons. The van der Waals surface area contributed by atoms with Gasteiger partial charge in [-0.1, -0.05) is 46.6 Å². The van der Waals surface area contributed by atoms with E-state index in [1.807, 2.05) is 31.2 Å². The van der Waals surface area contributed by atoms with E-state index in [1.165, 1.54) is 4.68 Å². The fraction of sp³-hybridized carbons (Fsp3) is 0.250. The summed E-state index contributed by atoms with van der Waals surface area (Å²) in [7, 11) is 0. The SMILES string of the molecule is CCCc1c(C(=O)NN=C(C)c2cccc(Br)c2)nnn1-c1nonc1N. The first kappa shape index (κ1) is 18.7. The van der Waals surface area contributed by atoms with Crippen molar-refractivity contribution in [3.63, 3.8) is 0 Å². The number of hydrogen-bond donors (Lipinski definition) is 2. The number of nitrogens with two attached hydrogens (primary N) is 1. The molecule has 0 bridgehead atoms. The Kier molecular flexibility index (Phi) is 5.60. The molecule has 3 aromatic rings. The Bertz CT molecular complexity index is 994. The standard InChI is InChI=1S/C16H17BrN8O2/c1-3-5-12-13(20-24-25(12)15-14(18)22-27-23-15)16(26)21-19-9(2)10-6-4-7-11(17)8-10/h4,6-8H,3,5H2,1-2H3,(H2,18,22)(H,21,26). The summed E-state index contributed by atoms with van der Waals surface area (Å²) in [6, 6.07) is 7.61. The minimum Gasteiger partial charge on any atom is -0.378 e. The molecule has 2 aromatic heterocycles. The quantitative estimate of drug-likeness (QED) is 0.449. The molecule has 1 amide bonds. The first-order valence-corrected chi connectivity index (χ1v) is 8.94. The number of nitrogen functional groups attached to an aromatic ring is 1. The number of rotatable bonds is 6. The van der Waals surface area contributed by atoms with Crippen LogP contribution in [0.2, 0.25) is 0 Å². The van der Waals surface area contributed by atoms with Gasteiger partial charge in [-0.15, -0.1) is 5.10 Å². The molecule has 0 spiro atoms. The van der Waals surface area contributed by atoms with Crippen LogP contribution in [-0.2, 0) is 6.42 Å². The van der Waals surface area contributed by atoms with Crippen molar-refractivity contribution in [2.75, 3.05) is 5.73 Å². The molecule has 27 heavy (non-hydrogen) atoms. The number of halogens is 1. The average Bonchev–Trinajstić information content (AvgIpc) is 3.25. The number of aromatic nitrogens is 5. The van der Waals surface area contributed by atoms with E-state index in [-0.39, 0.29) is 17.3 Å². The lowest BCUT2D eigenvalue weighted by atomic mass is 10.1. The smallest absolute Gasteiger partial charge is 0.293 e. The van der Waals surface area contributed by atoms with Crippen molar-refractivity contribution in [2.24, 2.45) is 5.10 Å². The summed E-state index contributed by atoms with van der Waals surface area (Å²) >= 11 is 3.41. The summed E-state index contributed by atoms with van der Waals surface area (Å²) in [4.78, 5) is 12.6. The predicted molar refractivity (Wildman–Crippen MR) is 101 cm³/mol. The molecule has 0 aliphatic heterocycles. The van der Waals surface area contributed by atoms with Crippen LogP contribution in [0.3, 0.4) is 0 Å². The highest BCUT2D eigenvalue weighted by molar-refractivity contribution is 9.10. The molecule has 1 aromatic carbocycles. The number of benzene rings is 1. The van der Waals surface area contributed by atoms with Crippen molar-refractivity contribution in [1.82, 2.24) is 30.7 Å². The van der Waals surface area contributed by atoms with Gasteiger partial charge in [0.1, 0.15) is 0 Å². The van der Waals surface area contributed by atoms with E-state index in [0.717, 1.165) is 16.5 Å². The molecule has 10 nitrogen and oxygen atoms in total. The van der Waals surface area contributed by atoms with Gasteiger partial charge >= 0.3 is 0 Å². The molecule has 3 rings (SSSR count). The molecular formula is C16H17BrN8O2. The highest BCUT2D eigenvalue weighted by atomic mass is 79.9. The molecule has 0 saturated carbocycles. The lowest BCUT2D eigenvalue weighted by molar-refractivity contribution is 0.0948. The van der Waals surface area contributed by atoms with Crippen LogP contribution in [0.15, 0.2) is 38.5 Å². The first-order valence-electron chi connectivity index (χ1n) is 8.14. The molecule has 0 unspecified atom stereocenters. The Morgan fingerprint density at radius 1 is 1.41 bits per heavy atom. The average molecular weight is 433 g/mol. The Balaban J connectivity index is 1.85. The van der Waals surface area contributed by atoms with Gasteiger partial charge in [-0.2, -0.15) is 9.78 Å². The maximum absolute atomic E-state index is 12.6. The summed E-state index contributed by atoms with van der Waals surface area (Å²) in [5, 5.41) is 19.3. The molecular weight excluding hydrogens is 416 g/mol. The van der Waals surface area contributed by atoms with Crippen LogP contribution in [-0.4, -0.2) is 36.9 Å². The van der Waals surface area contributed by atoms with Gasteiger partial charge in [-0.25, -0.2) is 10.1 Å². The lowest BCUT2D eigenvalue weighted by Crippen LogP contribution is -2.21. The largest absolute Gasteiger partial charge is 0.378 e. The predicted octanol–water partition coefficient (Wildman–Crippen LogP) is 2.10. The normalized spacial score (nSPS) is 11.6. The number of anilines is 1. The van der Waals surface area contributed by atoms with Crippen LogP contribution in [0.1, 0.15) is 42.0 Å². The van der Waals surface area contributed by atoms with E-state index in [0.29, 0.717) is 17.8 Å². The van der Waals surface area contributed by atoms with E-state index in [9.17, 15) is 4.79 Å². The Hall–Kier alpha value is -3.08. The number of carbonyl (C=O) groups is 1. The molecule has 0 fully saturated rings. The van der Waals surface area contributed by atoms with Crippen molar-refractivity contribution in [3.05, 3.63) is 45.7 Å². The Labute approximate surface area is 162 Å². The summed E-state index contributed by atoms with van der Waals surface area (Å²) in [6.07, 6.45) is 1.30. The van der Waals surface area contributed by atoms with E-state index in [4.69, 9.17) is 5.73 Å². The Morgan fingerprint density at radius 3 is 2.89 bits per heavy atom. The third-order valence-corrected chi connectivity index (χ3v) is 4.22. The minimum absolute atomic E-state index is 0.0627. The number of nitrogens with one attached hydrogen (secondary N) is 1. The highest BCUT2D eigenvalue weighted by Crippen LogP contribution is 2.17. The van der Waals surface area contributed by atoms with Crippen molar-refractivity contribution >= 4 is 33.4 Å². The number of nitrogens with zero attached hydrogens (tertiary/aromatic N) is 6. The monoisotopic (exact) mass is 432 g/mol. The van der Waals surface area contributed by atoms with Gasteiger partial charge in [0.2, 0.25) is 11.6 Å². The Morgan fingerprint density at radius 2 is 2.22 bits per heavy atom. The summed E-state index contributed by atoms with van der Waals surface area (Å²) < 4.78 is 6.88. The summed E-state index contributed by atoms with van der Waals surface area (Å²) in [5.41, 5.74) is 10.5. The van der Waals surface area contributed by atoms with Crippen molar-refractivity contribution in [3.8, 4) is 5.82 Å². The summed E-state index contributed by atoms with van der Waals surface area (Å²) in [6.45, 7) is 3.77. The third kappa shape index (κ3) is 4.03. The van der Waals surface area contributed by atoms with Gasteiger partial charge in [0.15, 0.2) is 5.69 Å². The maximum atomic E-state index is 12.6. The van der Waals surface area contributed by atoms with Gasteiger partial charge in [0, 0.05) is 4.47 Å². The lowest BCUT2D eigenvalue weighted by Gasteiger charge is -2.05.